The van der Waals surface area contributed by atoms with Gasteiger partial charge in [0.15, 0.2) is 8.32 Å². The molecule has 168 valence electrons. The van der Waals surface area contributed by atoms with Crippen LogP contribution in [0.25, 0.3) is 0 Å². The topological polar surface area (TPSA) is 49.4 Å². The van der Waals surface area contributed by atoms with Gasteiger partial charge >= 0.3 is 0 Å². The summed E-state index contributed by atoms with van der Waals surface area (Å²) in [5, 5.41) is 10.2. The van der Waals surface area contributed by atoms with Crippen LogP contribution in [0.15, 0.2) is 0 Å². The van der Waals surface area contributed by atoms with E-state index >= 15 is 0 Å². The van der Waals surface area contributed by atoms with Crippen molar-refractivity contribution in [1.82, 2.24) is 0 Å². The molecule has 0 aliphatic carbocycles. The highest BCUT2D eigenvalue weighted by molar-refractivity contribution is 6.71. The number of rotatable bonds is 16. The summed E-state index contributed by atoms with van der Waals surface area (Å²) in [5.74, 6) is -0.903. The molecule has 1 aliphatic heterocycles. The van der Waals surface area contributed by atoms with Gasteiger partial charge in [0.05, 0.1) is 0 Å². The minimum atomic E-state index is -1.09. The highest BCUT2D eigenvalue weighted by Gasteiger charge is 2.24. The van der Waals surface area contributed by atoms with E-state index < -0.39 is 14.3 Å². The van der Waals surface area contributed by atoms with Gasteiger partial charge in [-0.3, -0.25) is 0 Å². The summed E-state index contributed by atoms with van der Waals surface area (Å²) >= 11 is 0. The monoisotopic (exact) mass is 413 g/mol. The Bertz CT molecular complexity index is 337. The van der Waals surface area contributed by atoms with Crippen molar-refractivity contribution >= 4 is 14.3 Å². The third kappa shape index (κ3) is 21.9. The normalized spacial score (nSPS) is 15.7. The van der Waals surface area contributed by atoms with Gasteiger partial charge in [0.1, 0.15) is 0 Å². The second kappa shape index (κ2) is 19.9. The number of aliphatic carboxylic acids is 1. The van der Waals surface area contributed by atoms with E-state index in [-0.39, 0.29) is 6.42 Å². The third-order valence-electron chi connectivity index (χ3n) is 5.65. The van der Waals surface area contributed by atoms with Crippen LogP contribution in [0.5, 0.6) is 0 Å². The predicted octanol–water partition coefficient (Wildman–Crippen LogP) is 7.00. The summed E-state index contributed by atoms with van der Waals surface area (Å²) in [5.41, 5.74) is 0. The van der Waals surface area contributed by atoms with Crippen molar-refractivity contribution in [2.45, 2.75) is 142 Å². The molecule has 0 amide bonds. The number of carbonyl (C=O) groups excluding carboxylic acids is 1. The van der Waals surface area contributed by atoms with Gasteiger partial charge in [0.25, 0.3) is 0 Å². The zero-order valence-electron chi connectivity index (χ0n) is 19.4. The molecule has 28 heavy (non-hydrogen) atoms. The molecule has 0 aromatic heterocycles. The van der Waals surface area contributed by atoms with Crippen molar-refractivity contribution in [1.29, 1.82) is 0 Å². The molecule has 0 aromatic rings. The molecule has 3 nitrogen and oxygen atoms in total. The molecule has 1 rings (SSSR count). The first-order chi connectivity index (χ1) is 13.5. The summed E-state index contributed by atoms with van der Waals surface area (Å²) in [6.07, 6.45) is 22.5. The van der Waals surface area contributed by atoms with Crippen LogP contribution in [-0.4, -0.2) is 20.9 Å². The molecule has 0 unspecified atom stereocenters. The second-order valence-corrected chi connectivity index (χ2v) is 13.4. The van der Waals surface area contributed by atoms with Crippen molar-refractivity contribution in [3.63, 3.8) is 0 Å². The van der Waals surface area contributed by atoms with E-state index in [1.807, 2.05) is 0 Å². The van der Waals surface area contributed by atoms with Crippen LogP contribution < -0.4 is 5.11 Å². The number of carboxylic acid groups (broad SMARTS) is 1. The van der Waals surface area contributed by atoms with Crippen molar-refractivity contribution in [3.05, 3.63) is 0 Å². The van der Waals surface area contributed by atoms with Crippen LogP contribution in [0.4, 0.5) is 0 Å². The Balaban J connectivity index is 0.000000749. The third-order valence-corrected chi connectivity index (χ3v) is 8.19. The molecular weight excluding hydrogens is 364 g/mol. The van der Waals surface area contributed by atoms with Crippen LogP contribution in [0.2, 0.25) is 19.1 Å². The van der Waals surface area contributed by atoms with Crippen molar-refractivity contribution in [2.75, 3.05) is 6.61 Å². The summed E-state index contributed by atoms with van der Waals surface area (Å²) in [6.45, 7) is 7.89. The highest BCUT2D eigenvalue weighted by Crippen LogP contribution is 2.20. The first-order valence-electron chi connectivity index (χ1n) is 12.3. The Labute approximate surface area is 177 Å². The van der Waals surface area contributed by atoms with E-state index in [9.17, 15) is 9.90 Å². The molecule has 0 atom stereocenters. The predicted molar refractivity (Wildman–Crippen MR) is 122 cm³/mol. The largest absolute Gasteiger partial charge is 0.550 e. The molecule has 1 fully saturated rings. The van der Waals surface area contributed by atoms with Crippen molar-refractivity contribution in [2.24, 2.45) is 0 Å². The number of hydrogen-bond acceptors (Lipinski definition) is 3. The van der Waals surface area contributed by atoms with E-state index in [2.05, 4.69) is 20.0 Å². The SMILES string of the molecule is CCCCCCCCCCCCCCCCCC(=O)[O-].C[Si]1(C)CCCCO1. The molecule has 4 heteroatoms. The van der Waals surface area contributed by atoms with Crippen LogP contribution in [0.1, 0.15) is 122 Å². The van der Waals surface area contributed by atoms with Gasteiger partial charge in [-0.25, -0.2) is 0 Å². The lowest BCUT2D eigenvalue weighted by atomic mass is 10.0. The molecular formula is C24H49O3Si-. The standard InChI is InChI=1S/C18H36O2.C6H14OSi/c1-2-3-4-5-6-7-8-9-10-11-12-13-14-15-16-17-18(19)20;1-8(2)6-4-3-5-7-8/h2-17H2,1H3,(H,19,20);3-6H2,1-2H3/p-1. The number of carbonyl (C=O) groups is 1. The molecule has 0 saturated carbocycles. The fraction of sp³-hybridized carbons (Fsp3) is 0.958. The average molecular weight is 414 g/mol. The number of hydrogen-bond donors (Lipinski definition) is 0. The van der Waals surface area contributed by atoms with Crippen LogP contribution in [0.3, 0.4) is 0 Å². The van der Waals surface area contributed by atoms with Crippen molar-refractivity contribution < 1.29 is 14.3 Å². The van der Waals surface area contributed by atoms with Crippen LogP contribution in [-0.2, 0) is 9.22 Å². The summed E-state index contributed by atoms with van der Waals surface area (Å²) < 4.78 is 5.60. The lowest BCUT2D eigenvalue weighted by molar-refractivity contribution is -0.305. The minimum absolute atomic E-state index is 0.234. The Kier molecular flexibility index (Phi) is 19.7. The van der Waals surface area contributed by atoms with Crippen LogP contribution >= 0.6 is 0 Å². The summed E-state index contributed by atoms with van der Waals surface area (Å²) in [7, 11) is -1.09. The second-order valence-electron chi connectivity index (χ2n) is 9.14. The van der Waals surface area contributed by atoms with Gasteiger partial charge in [-0.1, -0.05) is 103 Å². The Morgan fingerprint density at radius 1 is 0.750 bits per heavy atom. The van der Waals surface area contributed by atoms with Gasteiger partial charge in [-0.05, 0) is 38.4 Å². The first kappa shape index (κ1) is 27.6. The average Bonchev–Trinajstić information content (AvgIpc) is 2.65. The summed E-state index contributed by atoms with van der Waals surface area (Å²) in [4.78, 5) is 10.2. The molecule has 1 heterocycles. The molecule has 0 radical (unpaired) electrons. The fourth-order valence-corrected chi connectivity index (χ4v) is 5.66. The van der Waals surface area contributed by atoms with E-state index in [0.29, 0.717) is 0 Å². The maximum absolute atomic E-state index is 10.2. The van der Waals surface area contributed by atoms with E-state index in [4.69, 9.17) is 4.43 Å². The first-order valence-corrected chi connectivity index (χ1v) is 15.4. The Hall–Kier alpha value is -0.353. The minimum Gasteiger partial charge on any atom is -0.550 e. The number of carboxylic acids is 1. The molecule has 1 aliphatic rings. The molecule has 0 aromatic carbocycles. The lowest BCUT2D eigenvalue weighted by Gasteiger charge is -2.27. The van der Waals surface area contributed by atoms with Gasteiger partial charge in [0.2, 0.25) is 0 Å². The molecule has 0 N–H and O–H groups in total. The van der Waals surface area contributed by atoms with Crippen molar-refractivity contribution in [3.8, 4) is 0 Å². The van der Waals surface area contributed by atoms with Crippen LogP contribution in [0, 0.1) is 0 Å². The maximum Gasteiger partial charge on any atom is 0.186 e. The zero-order chi connectivity index (χ0) is 20.9. The Morgan fingerprint density at radius 2 is 1.18 bits per heavy atom. The molecule has 0 bridgehead atoms. The molecule has 0 spiro atoms. The van der Waals surface area contributed by atoms with Gasteiger partial charge in [-0.15, -0.1) is 0 Å². The van der Waals surface area contributed by atoms with E-state index in [1.54, 1.807) is 0 Å². The maximum atomic E-state index is 10.2. The van der Waals surface area contributed by atoms with E-state index in [1.165, 1.54) is 102 Å². The smallest absolute Gasteiger partial charge is 0.186 e. The Morgan fingerprint density at radius 3 is 1.46 bits per heavy atom. The quantitative estimate of drug-likeness (QED) is 0.202. The van der Waals surface area contributed by atoms with E-state index in [0.717, 1.165) is 19.4 Å². The molecule has 1 saturated heterocycles. The lowest BCUT2D eigenvalue weighted by Crippen LogP contribution is -2.33. The van der Waals surface area contributed by atoms with Gasteiger partial charge in [-0.2, -0.15) is 0 Å². The number of unbranched alkanes of at least 4 members (excludes halogenated alkanes) is 14. The summed E-state index contributed by atoms with van der Waals surface area (Å²) in [6, 6.07) is 1.37. The zero-order valence-corrected chi connectivity index (χ0v) is 20.4. The highest BCUT2D eigenvalue weighted by atomic mass is 28.4. The van der Waals surface area contributed by atoms with Gasteiger partial charge < -0.3 is 14.3 Å². The fourth-order valence-electron chi connectivity index (χ4n) is 3.71. The van der Waals surface area contributed by atoms with Gasteiger partial charge in [0, 0.05) is 12.6 Å².